The molecule has 0 aliphatic heterocycles. The van der Waals surface area contributed by atoms with E-state index in [9.17, 15) is 0 Å². The van der Waals surface area contributed by atoms with Gasteiger partial charge in [0.1, 0.15) is 6.61 Å². The Hall–Kier alpha value is -1.46. The van der Waals surface area contributed by atoms with Crippen molar-refractivity contribution in [2.24, 2.45) is 0 Å². The maximum atomic E-state index is 8.81. The van der Waals surface area contributed by atoms with Gasteiger partial charge in [0.05, 0.1) is 11.6 Å². The molecule has 0 saturated carbocycles. The van der Waals surface area contributed by atoms with E-state index in [1.165, 1.54) is 0 Å². The number of aliphatic hydroxyl groups excluding tert-OH is 1. The van der Waals surface area contributed by atoms with Crippen molar-refractivity contribution in [2.45, 2.75) is 32.9 Å². The summed E-state index contributed by atoms with van der Waals surface area (Å²) in [4.78, 5) is 0. The van der Waals surface area contributed by atoms with Crippen LogP contribution in [-0.4, -0.2) is 24.9 Å². The number of unbranched alkanes of at least 4 members (excludes halogenated alkanes) is 1. The zero-order chi connectivity index (χ0) is 18.8. The van der Waals surface area contributed by atoms with E-state index in [0.717, 1.165) is 30.5 Å². The summed E-state index contributed by atoms with van der Waals surface area (Å²) in [6.45, 7) is 4.59. The average Bonchev–Trinajstić information content (AvgIpc) is 2.62. The first kappa shape index (κ1) is 20.8. The fourth-order valence-electron chi connectivity index (χ4n) is 2.46. The molecule has 2 N–H and O–H groups in total. The molecule has 2 aromatic rings. The van der Waals surface area contributed by atoms with Crippen LogP contribution in [0.15, 0.2) is 36.4 Å². The topological polar surface area (TPSA) is 50.7 Å². The Morgan fingerprint density at radius 3 is 2.46 bits per heavy atom. The number of hydrogen-bond donors (Lipinski definition) is 2. The van der Waals surface area contributed by atoms with E-state index < -0.39 is 0 Å². The first-order valence-electron chi connectivity index (χ1n) is 8.78. The maximum Gasteiger partial charge on any atom is 0.180 e. The fourth-order valence-corrected chi connectivity index (χ4v) is 2.87. The van der Waals surface area contributed by atoms with Gasteiger partial charge in [-0.1, -0.05) is 35.3 Å². The second-order valence-corrected chi connectivity index (χ2v) is 6.70. The monoisotopic (exact) mass is 397 g/mol. The number of nitrogens with one attached hydrogen (secondary N) is 1. The summed E-state index contributed by atoms with van der Waals surface area (Å²) in [6.07, 6.45) is 1.74. The summed E-state index contributed by atoms with van der Waals surface area (Å²) < 4.78 is 11.6. The average molecular weight is 398 g/mol. The van der Waals surface area contributed by atoms with Gasteiger partial charge in [-0.25, -0.2) is 0 Å². The highest BCUT2D eigenvalue weighted by molar-refractivity contribution is 6.32. The van der Waals surface area contributed by atoms with Crippen molar-refractivity contribution in [2.75, 3.05) is 19.8 Å². The summed E-state index contributed by atoms with van der Waals surface area (Å²) in [5.74, 6) is 1.19. The molecule has 4 nitrogen and oxygen atoms in total. The van der Waals surface area contributed by atoms with E-state index in [0.29, 0.717) is 41.3 Å². The Morgan fingerprint density at radius 2 is 1.77 bits per heavy atom. The highest BCUT2D eigenvalue weighted by Gasteiger charge is 2.13. The van der Waals surface area contributed by atoms with Gasteiger partial charge >= 0.3 is 0 Å². The lowest BCUT2D eigenvalue weighted by atomic mass is 10.2. The lowest BCUT2D eigenvalue weighted by Gasteiger charge is -2.16. The van der Waals surface area contributed by atoms with E-state index in [2.05, 4.69) is 5.32 Å². The summed E-state index contributed by atoms with van der Waals surface area (Å²) in [6, 6.07) is 11.3. The number of rotatable bonds is 11. The third kappa shape index (κ3) is 6.69. The molecule has 0 spiro atoms. The third-order valence-corrected chi connectivity index (χ3v) is 4.29. The summed E-state index contributed by atoms with van der Waals surface area (Å²) in [5.41, 5.74) is 2.03. The van der Waals surface area contributed by atoms with Gasteiger partial charge in [-0.2, -0.15) is 0 Å². The van der Waals surface area contributed by atoms with Crippen LogP contribution in [0, 0.1) is 0 Å². The molecule has 6 heteroatoms. The molecule has 0 amide bonds. The lowest BCUT2D eigenvalue weighted by molar-refractivity contribution is 0.269. The van der Waals surface area contributed by atoms with Gasteiger partial charge in [0.25, 0.3) is 0 Å². The molecular formula is C20H25Cl2NO3. The number of hydrogen-bond acceptors (Lipinski definition) is 4. The van der Waals surface area contributed by atoms with Crippen LogP contribution in [0.5, 0.6) is 11.5 Å². The minimum Gasteiger partial charge on any atom is -0.490 e. The van der Waals surface area contributed by atoms with E-state index in [1.54, 1.807) is 0 Å². The number of benzene rings is 2. The van der Waals surface area contributed by atoms with E-state index in [1.807, 2.05) is 43.3 Å². The van der Waals surface area contributed by atoms with Crippen molar-refractivity contribution >= 4 is 23.2 Å². The molecule has 0 aliphatic rings. The molecule has 2 aromatic carbocycles. The smallest absolute Gasteiger partial charge is 0.180 e. The Morgan fingerprint density at radius 1 is 1.00 bits per heavy atom. The Kier molecular flexibility index (Phi) is 9.06. The number of halogens is 2. The van der Waals surface area contributed by atoms with Crippen molar-refractivity contribution in [1.29, 1.82) is 0 Å². The van der Waals surface area contributed by atoms with Crippen molar-refractivity contribution < 1.29 is 14.6 Å². The second kappa shape index (κ2) is 11.3. The molecule has 0 atom stereocenters. The zero-order valence-electron chi connectivity index (χ0n) is 14.9. The molecule has 2 rings (SSSR count). The molecule has 0 bridgehead atoms. The van der Waals surface area contributed by atoms with Gasteiger partial charge in [0.15, 0.2) is 11.5 Å². The fraction of sp³-hybridized carbons (Fsp3) is 0.400. The van der Waals surface area contributed by atoms with Crippen LogP contribution < -0.4 is 14.8 Å². The molecule has 0 unspecified atom stereocenters. The molecule has 0 aliphatic carbocycles. The third-order valence-electron chi connectivity index (χ3n) is 3.76. The van der Waals surface area contributed by atoms with Crippen LogP contribution in [0.2, 0.25) is 10.0 Å². The van der Waals surface area contributed by atoms with Gasteiger partial charge < -0.3 is 19.9 Å². The SMILES string of the molecule is CCOc1cc(CNCCCCO)cc(Cl)c1OCc1ccc(Cl)cc1. The van der Waals surface area contributed by atoms with Gasteiger partial charge in [-0.05, 0) is 61.7 Å². The van der Waals surface area contributed by atoms with E-state index in [-0.39, 0.29) is 6.61 Å². The first-order chi connectivity index (χ1) is 12.6. The van der Waals surface area contributed by atoms with Crippen LogP contribution in [0.3, 0.4) is 0 Å². The van der Waals surface area contributed by atoms with Crippen molar-refractivity contribution in [3.05, 3.63) is 57.6 Å². The standard InChI is InChI=1S/C20H25Cl2NO3/c1-2-25-19-12-16(13-23-9-3-4-10-24)11-18(22)20(19)26-14-15-5-7-17(21)8-6-15/h5-8,11-12,23-24H,2-4,9-10,13-14H2,1H3. The summed E-state index contributed by atoms with van der Waals surface area (Å²) in [5, 5.41) is 13.4. The Bertz CT molecular complexity index is 678. The van der Waals surface area contributed by atoms with Crippen molar-refractivity contribution in [3.8, 4) is 11.5 Å². The van der Waals surface area contributed by atoms with Crippen LogP contribution in [-0.2, 0) is 13.2 Å². The number of ether oxygens (including phenoxy) is 2. The minimum absolute atomic E-state index is 0.224. The quantitative estimate of drug-likeness (QED) is 0.532. The van der Waals surface area contributed by atoms with Gasteiger partial charge in [0.2, 0.25) is 0 Å². The molecule has 0 radical (unpaired) electrons. The molecule has 0 fully saturated rings. The lowest BCUT2D eigenvalue weighted by Crippen LogP contribution is -2.15. The predicted molar refractivity (Wildman–Crippen MR) is 106 cm³/mol. The summed E-state index contributed by atoms with van der Waals surface area (Å²) >= 11 is 12.3. The zero-order valence-corrected chi connectivity index (χ0v) is 16.4. The molecule has 0 heterocycles. The molecule has 142 valence electrons. The molecule has 0 aromatic heterocycles. The number of aliphatic hydroxyl groups is 1. The molecule has 26 heavy (non-hydrogen) atoms. The molecule has 0 saturated heterocycles. The van der Waals surface area contributed by atoms with E-state index in [4.69, 9.17) is 37.8 Å². The van der Waals surface area contributed by atoms with Crippen molar-refractivity contribution in [1.82, 2.24) is 5.32 Å². The Labute approximate surface area is 165 Å². The van der Waals surface area contributed by atoms with Crippen molar-refractivity contribution in [3.63, 3.8) is 0 Å². The van der Waals surface area contributed by atoms with Crippen LogP contribution >= 0.6 is 23.2 Å². The summed E-state index contributed by atoms with van der Waals surface area (Å²) in [7, 11) is 0. The van der Waals surface area contributed by atoms with E-state index >= 15 is 0 Å². The Balaban J connectivity index is 2.03. The minimum atomic E-state index is 0.224. The normalized spacial score (nSPS) is 10.8. The van der Waals surface area contributed by atoms with Crippen LogP contribution in [0.1, 0.15) is 30.9 Å². The predicted octanol–water partition coefficient (Wildman–Crippen LogP) is 4.83. The second-order valence-electron chi connectivity index (χ2n) is 5.86. The largest absolute Gasteiger partial charge is 0.490 e. The maximum absolute atomic E-state index is 8.81. The highest BCUT2D eigenvalue weighted by Crippen LogP contribution is 2.37. The van der Waals surface area contributed by atoms with Gasteiger partial charge in [-0.15, -0.1) is 0 Å². The van der Waals surface area contributed by atoms with Crippen LogP contribution in [0.25, 0.3) is 0 Å². The van der Waals surface area contributed by atoms with Crippen LogP contribution in [0.4, 0.5) is 0 Å². The van der Waals surface area contributed by atoms with Gasteiger partial charge in [-0.3, -0.25) is 0 Å². The first-order valence-corrected chi connectivity index (χ1v) is 9.53. The molecular weight excluding hydrogens is 373 g/mol. The van der Waals surface area contributed by atoms with Gasteiger partial charge in [0, 0.05) is 18.2 Å². The highest BCUT2D eigenvalue weighted by atomic mass is 35.5.